The third kappa shape index (κ3) is 4.76. The number of aryl methyl sites for hydroxylation is 1. The third-order valence-electron chi connectivity index (χ3n) is 4.90. The Hall–Kier alpha value is -2.42. The van der Waals surface area contributed by atoms with E-state index in [4.69, 9.17) is 16.3 Å². The van der Waals surface area contributed by atoms with Crippen molar-refractivity contribution in [2.24, 2.45) is 0 Å². The van der Waals surface area contributed by atoms with Crippen LogP contribution in [-0.4, -0.2) is 33.0 Å². The standard InChI is InChI=1S/C22H23ClN2O4S2/c1-5-10-25(20-13-30-21(24-20)16-6-8-17(23)9-7-16)31(27,28)18-11-14(2)15(3)19(12-18)22(26)29-4/h6-9,11-13H,5,10H2,1-4H3. The van der Waals surface area contributed by atoms with Crippen LogP contribution in [0, 0.1) is 13.8 Å². The van der Waals surface area contributed by atoms with Gasteiger partial charge < -0.3 is 4.74 Å². The number of halogens is 1. The maximum Gasteiger partial charge on any atom is 0.338 e. The number of methoxy groups -OCH3 is 1. The van der Waals surface area contributed by atoms with Crippen molar-refractivity contribution in [1.29, 1.82) is 0 Å². The smallest absolute Gasteiger partial charge is 0.338 e. The molecule has 3 aromatic rings. The van der Waals surface area contributed by atoms with Crippen molar-refractivity contribution in [3.8, 4) is 10.6 Å². The van der Waals surface area contributed by atoms with Gasteiger partial charge in [-0.3, -0.25) is 0 Å². The van der Waals surface area contributed by atoms with Crippen LogP contribution in [0.15, 0.2) is 46.7 Å². The number of carbonyl (C=O) groups is 1. The Morgan fingerprint density at radius 2 is 1.87 bits per heavy atom. The molecule has 2 aromatic carbocycles. The van der Waals surface area contributed by atoms with Gasteiger partial charge in [-0.15, -0.1) is 11.3 Å². The maximum absolute atomic E-state index is 13.6. The van der Waals surface area contributed by atoms with E-state index in [0.717, 1.165) is 5.56 Å². The molecule has 3 rings (SSSR count). The van der Waals surface area contributed by atoms with Crippen LogP contribution in [0.1, 0.15) is 34.8 Å². The lowest BCUT2D eigenvalue weighted by atomic mass is 10.0. The van der Waals surface area contributed by atoms with Gasteiger partial charge in [0.15, 0.2) is 5.82 Å². The van der Waals surface area contributed by atoms with Gasteiger partial charge in [-0.1, -0.05) is 30.7 Å². The summed E-state index contributed by atoms with van der Waals surface area (Å²) in [5.74, 6) is -0.229. The lowest BCUT2D eigenvalue weighted by Crippen LogP contribution is -2.32. The molecule has 0 saturated carbocycles. The zero-order valence-corrected chi connectivity index (χ0v) is 20.1. The van der Waals surface area contributed by atoms with E-state index < -0.39 is 16.0 Å². The lowest BCUT2D eigenvalue weighted by Gasteiger charge is -2.22. The fraction of sp³-hybridized carbons (Fsp3) is 0.273. The second-order valence-corrected chi connectivity index (χ2v) is 10.2. The largest absolute Gasteiger partial charge is 0.465 e. The number of ether oxygens (including phenoxy) is 1. The number of anilines is 1. The number of hydrogen-bond acceptors (Lipinski definition) is 6. The molecule has 0 atom stereocenters. The molecule has 6 nitrogen and oxygen atoms in total. The summed E-state index contributed by atoms with van der Waals surface area (Å²) in [6, 6.07) is 10.2. The predicted octanol–water partition coefficient (Wildman–Crippen LogP) is 5.47. The van der Waals surface area contributed by atoms with Gasteiger partial charge in [0.25, 0.3) is 10.0 Å². The van der Waals surface area contributed by atoms with Crippen molar-refractivity contribution >= 4 is 44.7 Å². The quantitative estimate of drug-likeness (QED) is 0.420. The fourth-order valence-electron chi connectivity index (χ4n) is 3.09. The highest BCUT2D eigenvalue weighted by molar-refractivity contribution is 7.92. The van der Waals surface area contributed by atoms with E-state index in [2.05, 4.69) is 4.98 Å². The van der Waals surface area contributed by atoms with Gasteiger partial charge in [0.2, 0.25) is 0 Å². The van der Waals surface area contributed by atoms with Gasteiger partial charge in [-0.05, 0) is 55.7 Å². The molecule has 0 bridgehead atoms. The molecular formula is C22H23ClN2O4S2. The number of rotatable bonds is 7. The number of hydrogen-bond donors (Lipinski definition) is 0. The summed E-state index contributed by atoms with van der Waals surface area (Å²) in [6.45, 7) is 5.69. The van der Waals surface area contributed by atoms with Crippen LogP contribution in [0.2, 0.25) is 5.02 Å². The molecule has 0 amide bonds. The van der Waals surface area contributed by atoms with E-state index in [9.17, 15) is 13.2 Å². The Morgan fingerprint density at radius 1 is 1.19 bits per heavy atom. The van der Waals surface area contributed by atoms with Crippen molar-refractivity contribution in [2.45, 2.75) is 32.1 Å². The summed E-state index contributed by atoms with van der Waals surface area (Å²) < 4.78 is 33.2. The molecule has 0 aliphatic carbocycles. The SMILES string of the molecule is CCCN(c1csc(-c2ccc(Cl)cc2)n1)S(=O)(=O)c1cc(C)c(C)c(C(=O)OC)c1. The van der Waals surface area contributed by atoms with Crippen molar-refractivity contribution in [2.75, 3.05) is 18.0 Å². The van der Waals surface area contributed by atoms with Crippen molar-refractivity contribution in [1.82, 2.24) is 4.98 Å². The molecule has 0 spiro atoms. The van der Waals surface area contributed by atoms with Gasteiger partial charge in [0, 0.05) is 22.5 Å². The monoisotopic (exact) mass is 478 g/mol. The molecule has 9 heteroatoms. The highest BCUT2D eigenvalue weighted by atomic mass is 35.5. The Bertz CT molecular complexity index is 1200. The first kappa shape index (κ1) is 23.2. The van der Waals surface area contributed by atoms with Crippen LogP contribution in [0.4, 0.5) is 5.82 Å². The van der Waals surface area contributed by atoms with Crippen LogP contribution in [-0.2, 0) is 14.8 Å². The van der Waals surface area contributed by atoms with Crippen molar-refractivity contribution in [3.63, 3.8) is 0 Å². The average Bonchev–Trinajstić information content (AvgIpc) is 3.23. The zero-order chi connectivity index (χ0) is 22.8. The number of carbonyl (C=O) groups excluding carboxylic acids is 1. The zero-order valence-electron chi connectivity index (χ0n) is 17.7. The normalized spacial score (nSPS) is 11.4. The van der Waals surface area contributed by atoms with E-state index in [1.54, 1.807) is 37.4 Å². The fourth-order valence-corrected chi connectivity index (χ4v) is 5.71. The topological polar surface area (TPSA) is 76.6 Å². The molecule has 0 aliphatic heterocycles. The minimum atomic E-state index is -3.95. The third-order valence-corrected chi connectivity index (χ3v) is 7.81. The Labute approximate surface area is 191 Å². The summed E-state index contributed by atoms with van der Waals surface area (Å²) in [7, 11) is -2.67. The van der Waals surface area contributed by atoms with Crippen molar-refractivity contribution < 1.29 is 17.9 Å². The molecule has 1 heterocycles. The van der Waals surface area contributed by atoms with Gasteiger partial charge in [0.1, 0.15) is 5.01 Å². The van der Waals surface area contributed by atoms with Crippen LogP contribution < -0.4 is 4.31 Å². The lowest BCUT2D eigenvalue weighted by molar-refractivity contribution is 0.0599. The minimum absolute atomic E-state index is 0.0329. The Balaban J connectivity index is 2.06. The predicted molar refractivity (Wildman–Crippen MR) is 125 cm³/mol. The first-order valence-electron chi connectivity index (χ1n) is 9.62. The average molecular weight is 479 g/mol. The minimum Gasteiger partial charge on any atom is -0.465 e. The van der Waals surface area contributed by atoms with Gasteiger partial charge >= 0.3 is 5.97 Å². The summed E-state index contributed by atoms with van der Waals surface area (Å²) in [5.41, 5.74) is 2.47. The summed E-state index contributed by atoms with van der Waals surface area (Å²) >= 11 is 7.31. The number of aromatic nitrogens is 1. The summed E-state index contributed by atoms with van der Waals surface area (Å²) in [4.78, 5) is 16.8. The molecule has 0 N–H and O–H groups in total. The first-order chi connectivity index (χ1) is 14.7. The highest BCUT2D eigenvalue weighted by Gasteiger charge is 2.28. The molecule has 0 unspecified atom stereocenters. The highest BCUT2D eigenvalue weighted by Crippen LogP contribution is 2.32. The maximum atomic E-state index is 13.6. The van der Waals surface area contributed by atoms with Crippen LogP contribution in [0.5, 0.6) is 0 Å². The number of sulfonamides is 1. The Morgan fingerprint density at radius 3 is 2.48 bits per heavy atom. The van der Waals surface area contributed by atoms with E-state index >= 15 is 0 Å². The van der Waals surface area contributed by atoms with Crippen LogP contribution in [0.3, 0.4) is 0 Å². The molecule has 164 valence electrons. The van der Waals surface area contributed by atoms with Gasteiger partial charge in [0.05, 0.1) is 17.6 Å². The molecule has 0 aliphatic rings. The van der Waals surface area contributed by atoms with E-state index in [0.29, 0.717) is 33.4 Å². The van der Waals surface area contributed by atoms with Gasteiger partial charge in [-0.2, -0.15) is 0 Å². The molecule has 31 heavy (non-hydrogen) atoms. The molecule has 0 fully saturated rings. The second-order valence-electron chi connectivity index (χ2n) is 7.00. The summed E-state index contributed by atoms with van der Waals surface area (Å²) in [6.07, 6.45) is 0.599. The molecule has 1 aromatic heterocycles. The second kappa shape index (κ2) is 9.38. The summed E-state index contributed by atoms with van der Waals surface area (Å²) in [5, 5.41) is 3.03. The number of thiazole rings is 1. The van der Waals surface area contributed by atoms with Gasteiger partial charge in [-0.25, -0.2) is 22.5 Å². The van der Waals surface area contributed by atoms with E-state index in [1.807, 2.05) is 19.1 Å². The molecule has 0 saturated heterocycles. The number of benzene rings is 2. The number of nitrogens with zero attached hydrogens (tertiary/aromatic N) is 2. The molecule has 0 radical (unpaired) electrons. The molecular weight excluding hydrogens is 456 g/mol. The Kier molecular flexibility index (Phi) is 7.03. The van der Waals surface area contributed by atoms with E-state index in [1.165, 1.54) is 28.8 Å². The number of esters is 1. The van der Waals surface area contributed by atoms with Crippen LogP contribution in [0.25, 0.3) is 10.6 Å². The first-order valence-corrected chi connectivity index (χ1v) is 12.3. The van der Waals surface area contributed by atoms with E-state index in [-0.39, 0.29) is 17.0 Å². The van der Waals surface area contributed by atoms with Crippen LogP contribution >= 0.6 is 22.9 Å². The van der Waals surface area contributed by atoms with Crippen molar-refractivity contribution in [3.05, 3.63) is 63.5 Å².